The van der Waals surface area contributed by atoms with Crippen molar-refractivity contribution >= 4 is 20.8 Å². The summed E-state index contributed by atoms with van der Waals surface area (Å²) in [5, 5.41) is 73.1. The van der Waals surface area contributed by atoms with Crippen molar-refractivity contribution in [2.24, 2.45) is 0 Å². The van der Waals surface area contributed by atoms with E-state index < -0.39 is 126 Å². The van der Waals surface area contributed by atoms with Crippen molar-refractivity contribution in [3.63, 3.8) is 0 Å². The van der Waals surface area contributed by atoms with Crippen molar-refractivity contribution < 1.29 is 98.5 Å². The Labute approximate surface area is 251 Å². The molecule has 3 aliphatic heterocycles. The van der Waals surface area contributed by atoms with Gasteiger partial charge in [-0.1, -0.05) is 6.92 Å². The first kappa shape index (κ1) is 37.7. The predicted molar refractivity (Wildman–Crippen MR) is 135 cm³/mol. The van der Waals surface area contributed by atoms with Gasteiger partial charge in [0.25, 0.3) is 0 Å². The second-order valence-electron chi connectivity index (χ2n) is 10.2. The zero-order valence-corrected chi connectivity index (χ0v) is 24.9. The molecule has 0 bridgehead atoms. The zero-order valence-electron chi connectivity index (χ0n) is 23.2. The number of aliphatic hydroxyl groups is 7. The maximum atomic E-state index is 11.4. The lowest BCUT2D eigenvalue weighted by molar-refractivity contribution is -0.385. The highest BCUT2D eigenvalue weighted by molar-refractivity contribution is 7.81. The lowest BCUT2D eigenvalue weighted by atomic mass is 9.96. The minimum Gasteiger partial charge on any atom is -0.388 e. The molecular formula is C21H38O21S2. The largest absolute Gasteiger partial charge is 0.397 e. The van der Waals surface area contributed by atoms with Gasteiger partial charge in [-0.05, 0) is 13.3 Å². The fourth-order valence-electron chi connectivity index (χ4n) is 4.63. The molecule has 0 aliphatic carbocycles. The molecule has 3 fully saturated rings. The Bertz CT molecular complexity index is 1120. The summed E-state index contributed by atoms with van der Waals surface area (Å²) in [4.78, 5) is 0. The number of hydrogen-bond donors (Lipinski definition) is 9. The van der Waals surface area contributed by atoms with Gasteiger partial charge in [0.15, 0.2) is 18.9 Å². The van der Waals surface area contributed by atoms with E-state index in [1.54, 1.807) is 6.92 Å². The van der Waals surface area contributed by atoms with Gasteiger partial charge in [0.1, 0.15) is 67.1 Å². The quantitative estimate of drug-likeness (QED) is 0.0814. The van der Waals surface area contributed by atoms with Gasteiger partial charge in [0.2, 0.25) is 0 Å². The van der Waals surface area contributed by atoms with Gasteiger partial charge in [-0.3, -0.25) is 9.11 Å². The fourth-order valence-corrected chi connectivity index (χ4v) is 5.24. The van der Waals surface area contributed by atoms with Gasteiger partial charge in [0.05, 0.1) is 19.3 Å². The molecule has 0 radical (unpaired) electrons. The average molecular weight is 691 g/mol. The highest BCUT2D eigenvalue weighted by atomic mass is 32.3. The Kier molecular flexibility index (Phi) is 13.2. The molecule has 0 aromatic heterocycles. The Morgan fingerprint density at radius 2 is 1.07 bits per heavy atom. The van der Waals surface area contributed by atoms with Crippen LogP contribution in [-0.4, -0.2) is 174 Å². The molecule has 44 heavy (non-hydrogen) atoms. The average Bonchev–Trinajstić information content (AvgIpc) is 2.93. The minimum atomic E-state index is -5.12. The molecule has 0 aromatic rings. The lowest BCUT2D eigenvalue weighted by Crippen LogP contribution is -2.67. The van der Waals surface area contributed by atoms with E-state index >= 15 is 0 Å². The van der Waals surface area contributed by atoms with E-state index in [1.807, 2.05) is 0 Å². The van der Waals surface area contributed by atoms with E-state index in [0.717, 1.165) is 0 Å². The van der Waals surface area contributed by atoms with Crippen LogP contribution in [0.2, 0.25) is 0 Å². The smallest absolute Gasteiger partial charge is 0.388 e. The Morgan fingerprint density at radius 1 is 0.591 bits per heavy atom. The molecule has 15 atom stereocenters. The van der Waals surface area contributed by atoms with Crippen molar-refractivity contribution in [1.29, 1.82) is 0 Å². The first-order chi connectivity index (χ1) is 20.3. The molecule has 23 heteroatoms. The molecule has 3 aliphatic rings. The number of hydrogen-bond acceptors (Lipinski definition) is 19. The van der Waals surface area contributed by atoms with E-state index in [0.29, 0.717) is 6.42 Å². The van der Waals surface area contributed by atoms with E-state index in [4.69, 9.17) is 37.5 Å². The Hall–Kier alpha value is -0.780. The van der Waals surface area contributed by atoms with Gasteiger partial charge >= 0.3 is 20.8 Å². The van der Waals surface area contributed by atoms with Crippen LogP contribution < -0.4 is 0 Å². The summed E-state index contributed by atoms with van der Waals surface area (Å²) in [6, 6.07) is 0. The third-order valence-electron chi connectivity index (χ3n) is 6.92. The SMILES string of the molecule is CCCO[C@@H]1O[C@H](COS(=O)(=O)O)[C@@H](O[C@@H]2O[C@H](COS(=O)(=O)O)[C@H](O)[C@H](O)[C@H]2O)[C@H](O[C@@H]2O[C@@H](C)[C@@H](O)[C@@H](O)[C@@H]2O)[C@H]1O. The molecule has 9 N–H and O–H groups in total. The summed E-state index contributed by atoms with van der Waals surface area (Å²) < 4.78 is 105. The van der Waals surface area contributed by atoms with Gasteiger partial charge in [-0.2, -0.15) is 16.8 Å². The van der Waals surface area contributed by atoms with Crippen molar-refractivity contribution in [3.8, 4) is 0 Å². The van der Waals surface area contributed by atoms with Crippen molar-refractivity contribution in [3.05, 3.63) is 0 Å². The van der Waals surface area contributed by atoms with Gasteiger partial charge < -0.3 is 64.2 Å². The molecule has 0 aromatic carbocycles. The van der Waals surface area contributed by atoms with Crippen LogP contribution in [-0.2, 0) is 57.6 Å². The molecule has 0 unspecified atom stereocenters. The molecule has 3 rings (SSSR count). The van der Waals surface area contributed by atoms with Crippen LogP contribution >= 0.6 is 0 Å². The highest BCUT2D eigenvalue weighted by Gasteiger charge is 2.54. The summed E-state index contributed by atoms with van der Waals surface area (Å²) in [7, 11) is -10.2. The van der Waals surface area contributed by atoms with Crippen LogP contribution in [0.5, 0.6) is 0 Å². The lowest BCUT2D eigenvalue weighted by Gasteiger charge is -2.49. The van der Waals surface area contributed by atoms with Gasteiger partial charge in [-0.15, -0.1) is 0 Å². The second-order valence-corrected chi connectivity index (χ2v) is 12.4. The van der Waals surface area contributed by atoms with Crippen LogP contribution in [0.25, 0.3) is 0 Å². The summed E-state index contributed by atoms with van der Waals surface area (Å²) >= 11 is 0. The monoisotopic (exact) mass is 690 g/mol. The predicted octanol–water partition coefficient (Wildman–Crippen LogP) is -5.46. The zero-order chi connectivity index (χ0) is 33.1. The van der Waals surface area contributed by atoms with Crippen LogP contribution in [0.1, 0.15) is 20.3 Å². The van der Waals surface area contributed by atoms with Crippen LogP contribution in [0, 0.1) is 0 Å². The third-order valence-corrected chi connectivity index (χ3v) is 7.79. The van der Waals surface area contributed by atoms with Crippen LogP contribution in [0.15, 0.2) is 0 Å². The molecule has 21 nitrogen and oxygen atoms in total. The summed E-state index contributed by atoms with van der Waals surface area (Å²) in [5.41, 5.74) is 0. The molecule has 0 amide bonds. The standard InChI is InChI=1S/C21H38O21S2/c1-3-4-35-19-16(28)18(42-20-14(26)12(24)10(22)7(2)38-20)17(9(40-19)6-37-44(32,33)34)41-21-15(27)13(25)11(23)8(39-21)5-36-43(29,30)31/h7-28H,3-6H2,1-2H3,(H,29,30,31)(H,32,33,34)/t7-,8+,9+,10+,11-,12+,13-,14-,15+,16+,17+,18+,19+,20-,21-/m0/s1. The Balaban J connectivity index is 1.97. The minimum absolute atomic E-state index is 0.0136. The molecule has 260 valence electrons. The van der Waals surface area contributed by atoms with E-state index in [1.165, 1.54) is 6.92 Å². The molecule has 0 spiro atoms. The number of rotatable bonds is 13. The summed E-state index contributed by atoms with van der Waals surface area (Å²) in [6.45, 7) is 0.874. The normalized spacial score (nSPS) is 44.0. The first-order valence-electron chi connectivity index (χ1n) is 13.2. The maximum Gasteiger partial charge on any atom is 0.397 e. The molecule has 0 saturated carbocycles. The molecule has 3 heterocycles. The van der Waals surface area contributed by atoms with Crippen molar-refractivity contribution in [1.82, 2.24) is 0 Å². The second kappa shape index (κ2) is 15.4. The van der Waals surface area contributed by atoms with E-state index in [2.05, 4.69) is 8.37 Å². The Morgan fingerprint density at radius 3 is 1.61 bits per heavy atom. The third kappa shape index (κ3) is 9.63. The number of aliphatic hydroxyl groups excluding tert-OH is 7. The fraction of sp³-hybridized carbons (Fsp3) is 1.00. The number of ether oxygens (including phenoxy) is 6. The molecular weight excluding hydrogens is 652 g/mol. The van der Waals surface area contributed by atoms with E-state index in [9.17, 15) is 52.6 Å². The van der Waals surface area contributed by atoms with Crippen molar-refractivity contribution in [2.75, 3.05) is 19.8 Å². The van der Waals surface area contributed by atoms with Gasteiger partial charge in [-0.25, -0.2) is 8.37 Å². The van der Waals surface area contributed by atoms with Crippen LogP contribution in [0.3, 0.4) is 0 Å². The van der Waals surface area contributed by atoms with E-state index in [-0.39, 0.29) is 6.61 Å². The van der Waals surface area contributed by atoms with Gasteiger partial charge in [0, 0.05) is 6.61 Å². The molecule has 3 saturated heterocycles. The first-order valence-corrected chi connectivity index (χ1v) is 16.0. The van der Waals surface area contributed by atoms with Crippen molar-refractivity contribution in [2.45, 2.75) is 112 Å². The van der Waals surface area contributed by atoms with Crippen LogP contribution in [0.4, 0.5) is 0 Å². The topological polar surface area (TPSA) is 324 Å². The maximum absolute atomic E-state index is 11.4. The summed E-state index contributed by atoms with van der Waals surface area (Å²) in [6.07, 6.45) is -26.6. The summed E-state index contributed by atoms with van der Waals surface area (Å²) in [5.74, 6) is 0. The highest BCUT2D eigenvalue weighted by Crippen LogP contribution is 2.34.